The summed E-state index contributed by atoms with van der Waals surface area (Å²) in [7, 11) is 0. The lowest BCUT2D eigenvalue weighted by Gasteiger charge is -2.13. The Kier molecular flexibility index (Phi) is 7.81. The van der Waals surface area contributed by atoms with Crippen LogP contribution in [0.15, 0.2) is 97.6 Å². The number of nitrogens with one attached hydrogen (secondary N) is 1. The molecule has 42 heavy (non-hydrogen) atoms. The monoisotopic (exact) mass is 570 g/mol. The molecule has 0 saturated heterocycles. The maximum atomic E-state index is 12.6. The fraction of sp³-hybridized carbons (Fsp3) is 0.147. The van der Waals surface area contributed by atoms with Crippen molar-refractivity contribution in [3.05, 3.63) is 131 Å². The van der Waals surface area contributed by atoms with Gasteiger partial charge in [0.05, 0.1) is 5.56 Å². The van der Waals surface area contributed by atoms with Gasteiger partial charge in [0, 0.05) is 35.4 Å². The van der Waals surface area contributed by atoms with E-state index in [4.69, 9.17) is 0 Å². The maximum absolute atomic E-state index is 12.6. The Morgan fingerprint density at radius 3 is 2.38 bits per heavy atom. The van der Waals surface area contributed by atoms with Crippen LogP contribution in [0.25, 0.3) is 27.7 Å². The molecular formula is C34H29F3N2O3. The minimum absolute atomic E-state index is 0.263. The molecule has 0 spiro atoms. The maximum Gasteiger partial charge on any atom is 0.573 e. The van der Waals surface area contributed by atoms with Crippen LogP contribution in [0.1, 0.15) is 38.3 Å². The van der Waals surface area contributed by atoms with Gasteiger partial charge in [-0.2, -0.15) is 0 Å². The molecule has 0 unspecified atom stereocenters. The van der Waals surface area contributed by atoms with Gasteiger partial charge in [-0.15, -0.1) is 13.2 Å². The number of hydrogen-bond acceptors (Lipinski definition) is 3. The third-order valence-corrected chi connectivity index (χ3v) is 7.39. The van der Waals surface area contributed by atoms with Gasteiger partial charge in [0.15, 0.2) is 0 Å². The van der Waals surface area contributed by atoms with E-state index in [1.807, 2.05) is 48.5 Å². The van der Waals surface area contributed by atoms with Gasteiger partial charge >= 0.3 is 12.3 Å². The lowest BCUT2D eigenvalue weighted by molar-refractivity contribution is -0.274. The topological polar surface area (TPSA) is 63.5 Å². The van der Waals surface area contributed by atoms with E-state index >= 15 is 0 Å². The summed E-state index contributed by atoms with van der Waals surface area (Å²) in [6, 6.07) is 26.8. The zero-order valence-corrected chi connectivity index (χ0v) is 23.1. The first-order chi connectivity index (χ1) is 20.0. The van der Waals surface area contributed by atoms with Crippen molar-refractivity contribution < 1.29 is 27.8 Å². The molecule has 0 amide bonds. The fourth-order valence-electron chi connectivity index (χ4n) is 5.10. The van der Waals surface area contributed by atoms with Crippen molar-refractivity contribution in [1.29, 1.82) is 0 Å². The van der Waals surface area contributed by atoms with Gasteiger partial charge in [0.2, 0.25) is 0 Å². The van der Waals surface area contributed by atoms with Gasteiger partial charge in [-0.05, 0) is 77.6 Å². The van der Waals surface area contributed by atoms with Gasteiger partial charge < -0.3 is 19.7 Å². The molecule has 5 nitrogen and oxygen atoms in total. The fourth-order valence-corrected chi connectivity index (χ4v) is 5.10. The molecule has 0 fully saturated rings. The Labute approximate surface area is 241 Å². The highest BCUT2D eigenvalue weighted by Gasteiger charge is 2.31. The normalized spacial score (nSPS) is 11.5. The molecule has 2 N–H and O–H groups in total. The number of halogens is 3. The van der Waals surface area contributed by atoms with Crippen LogP contribution in [-0.4, -0.2) is 22.0 Å². The highest BCUT2D eigenvalue weighted by molar-refractivity contribution is 5.96. The number of aromatic nitrogens is 1. The van der Waals surface area contributed by atoms with E-state index in [1.54, 1.807) is 18.2 Å². The predicted octanol–water partition coefficient (Wildman–Crippen LogP) is 8.33. The lowest BCUT2D eigenvalue weighted by Crippen LogP contribution is -2.17. The second-order valence-electron chi connectivity index (χ2n) is 10.1. The third-order valence-electron chi connectivity index (χ3n) is 7.39. The molecule has 0 bridgehead atoms. The summed E-state index contributed by atoms with van der Waals surface area (Å²) < 4.78 is 44.0. The summed E-state index contributed by atoms with van der Waals surface area (Å²) >= 11 is 0. The molecular weight excluding hydrogens is 541 g/mol. The number of aryl methyl sites for hydroxylation is 1. The molecule has 8 heteroatoms. The molecule has 0 aliphatic rings. The number of benzene rings is 4. The van der Waals surface area contributed by atoms with E-state index in [0.717, 1.165) is 38.9 Å². The molecule has 1 aromatic heterocycles. The van der Waals surface area contributed by atoms with Crippen LogP contribution >= 0.6 is 0 Å². The van der Waals surface area contributed by atoms with Crippen molar-refractivity contribution in [2.75, 3.05) is 0 Å². The van der Waals surface area contributed by atoms with Crippen LogP contribution in [0.4, 0.5) is 13.2 Å². The number of rotatable bonds is 9. The van der Waals surface area contributed by atoms with Crippen LogP contribution in [0.5, 0.6) is 5.75 Å². The van der Waals surface area contributed by atoms with Crippen LogP contribution in [0.3, 0.4) is 0 Å². The number of fused-ring (bicyclic) bond motifs is 1. The molecule has 0 aliphatic carbocycles. The SMILES string of the molecule is C=C(NCc1cccc(OC(F)(F)F)c1)c1ccc2c(c1)c(C)c(C)n2Cc1ccc(-c2ccccc2C(=O)O)cc1. The molecule has 0 atom stereocenters. The first-order valence-corrected chi connectivity index (χ1v) is 13.3. The van der Waals surface area contributed by atoms with Crippen LogP contribution in [0.2, 0.25) is 0 Å². The van der Waals surface area contributed by atoms with E-state index in [9.17, 15) is 23.1 Å². The lowest BCUT2D eigenvalue weighted by atomic mass is 9.99. The van der Waals surface area contributed by atoms with Crippen LogP contribution in [0, 0.1) is 13.8 Å². The number of hydrogen-bond donors (Lipinski definition) is 2. The van der Waals surface area contributed by atoms with Crippen molar-refractivity contribution in [2.24, 2.45) is 0 Å². The van der Waals surface area contributed by atoms with Crippen molar-refractivity contribution >= 4 is 22.6 Å². The quantitative estimate of drug-likeness (QED) is 0.187. The van der Waals surface area contributed by atoms with E-state index in [1.165, 1.54) is 18.2 Å². The van der Waals surface area contributed by atoms with Gasteiger partial charge in [-0.1, -0.05) is 67.2 Å². The number of aromatic carboxylic acids is 1. The zero-order valence-electron chi connectivity index (χ0n) is 23.1. The van der Waals surface area contributed by atoms with Crippen LogP contribution < -0.4 is 10.1 Å². The first-order valence-electron chi connectivity index (χ1n) is 13.3. The van der Waals surface area contributed by atoms with Crippen molar-refractivity contribution in [3.8, 4) is 16.9 Å². The van der Waals surface area contributed by atoms with E-state index in [2.05, 4.69) is 41.1 Å². The summed E-state index contributed by atoms with van der Waals surface area (Å²) in [6.45, 7) is 9.23. The van der Waals surface area contributed by atoms with Gasteiger partial charge in [0.25, 0.3) is 0 Å². The van der Waals surface area contributed by atoms with Crippen molar-refractivity contribution in [2.45, 2.75) is 33.3 Å². The molecule has 4 aromatic carbocycles. The third kappa shape index (κ3) is 6.17. The standard InChI is InChI=1S/C34H29F3N2O3/c1-21-23(3)39(20-24-11-13-26(14-12-24)29-9-4-5-10-30(29)33(40)41)32-16-15-27(18-31(21)32)22(2)38-19-25-7-6-8-28(17-25)42-34(35,36)37/h4-18,38H,2,19-20H2,1,3H3,(H,40,41). The summed E-state index contributed by atoms with van der Waals surface area (Å²) in [5.74, 6) is -1.22. The minimum Gasteiger partial charge on any atom is -0.478 e. The largest absolute Gasteiger partial charge is 0.573 e. The Balaban J connectivity index is 1.32. The van der Waals surface area contributed by atoms with E-state index in [0.29, 0.717) is 23.4 Å². The second-order valence-corrected chi connectivity index (χ2v) is 10.1. The molecule has 214 valence electrons. The van der Waals surface area contributed by atoms with Crippen molar-refractivity contribution in [1.82, 2.24) is 9.88 Å². The summed E-state index contributed by atoms with van der Waals surface area (Å²) in [4.78, 5) is 11.6. The molecule has 1 heterocycles. The van der Waals surface area contributed by atoms with E-state index < -0.39 is 12.3 Å². The number of carboxylic acids is 1. The average Bonchev–Trinajstić information content (AvgIpc) is 3.19. The Morgan fingerprint density at radius 2 is 1.67 bits per heavy atom. The number of ether oxygens (including phenoxy) is 1. The Morgan fingerprint density at radius 1 is 0.929 bits per heavy atom. The summed E-state index contributed by atoms with van der Waals surface area (Å²) in [5, 5.41) is 13.8. The van der Waals surface area contributed by atoms with Gasteiger partial charge in [-0.25, -0.2) is 4.79 Å². The van der Waals surface area contributed by atoms with Crippen molar-refractivity contribution in [3.63, 3.8) is 0 Å². The molecule has 5 rings (SSSR count). The van der Waals surface area contributed by atoms with E-state index in [-0.39, 0.29) is 17.9 Å². The molecule has 0 aliphatic heterocycles. The zero-order chi connectivity index (χ0) is 30.0. The number of alkyl halides is 3. The Hall–Kier alpha value is -4.98. The second kappa shape index (κ2) is 11.5. The van der Waals surface area contributed by atoms with Crippen LogP contribution in [-0.2, 0) is 13.1 Å². The smallest absolute Gasteiger partial charge is 0.478 e. The highest BCUT2D eigenvalue weighted by atomic mass is 19.4. The molecule has 5 aromatic rings. The Bertz CT molecular complexity index is 1790. The minimum atomic E-state index is -4.74. The predicted molar refractivity (Wildman–Crippen MR) is 158 cm³/mol. The molecule has 0 saturated carbocycles. The molecule has 0 radical (unpaired) electrons. The van der Waals surface area contributed by atoms with Gasteiger partial charge in [0.1, 0.15) is 5.75 Å². The summed E-state index contributed by atoms with van der Waals surface area (Å²) in [6.07, 6.45) is -4.74. The summed E-state index contributed by atoms with van der Waals surface area (Å²) in [5.41, 5.74) is 8.38. The number of nitrogens with zero attached hydrogens (tertiary/aromatic N) is 1. The highest BCUT2D eigenvalue weighted by Crippen LogP contribution is 2.30. The van der Waals surface area contributed by atoms with Gasteiger partial charge in [-0.3, -0.25) is 0 Å². The average molecular weight is 571 g/mol. The number of carbonyl (C=O) groups is 1. The number of carboxylic acid groups (broad SMARTS) is 1. The first kappa shape index (κ1) is 28.5.